The van der Waals surface area contributed by atoms with Crippen molar-refractivity contribution in [2.24, 2.45) is 11.8 Å². The van der Waals surface area contributed by atoms with Gasteiger partial charge < -0.3 is 9.80 Å². The van der Waals surface area contributed by atoms with Crippen LogP contribution in [0.15, 0.2) is 23.3 Å². The number of amides is 2. The van der Waals surface area contributed by atoms with Gasteiger partial charge in [0.25, 0.3) is 0 Å². The number of carbonyl (C=O) groups is 2. The topological polar surface area (TPSA) is 40.6 Å². The zero-order valence-electron chi connectivity index (χ0n) is 11.2. The lowest BCUT2D eigenvalue weighted by atomic mass is 9.71. The van der Waals surface area contributed by atoms with Crippen LogP contribution < -0.4 is 0 Å². The zero-order chi connectivity index (χ0) is 13.2. The van der Waals surface area contributed by atoms with E-state index in [0.29, 0.717) is 0 Å². The van der Waals surface area contributed by atoms with E-state index in [2.05, 4.69) is 12.2 Å². The van der Waals surface area contributed by atoms with Gasteiger partial charge in [-0.05, 0) is 13.8 Å². The molecule has 5 heterocycles. The first-order valence-corrected chi connectivity index (χ1v) is 6.33. The molecule has 4 nitrogen and oxygen atoms in total. The molecular weight excluding hydrogens is 228 g/mol. The Labute approximate surface area is 107 Å². The van der Waals surface area contributed by atoms with Crippen molar-refractivity contribution in [2.45, 2.75) is 25.9 Å². The fourth-order valence-corrected chi connectivity index (χ4v) is 3.56. The molecule has 5 aliphatic heterocycles. The van der Waals surface area contributed by atoms with Gasteiger partial charge in [-0.3, -0.25) is 9.59 Å². The summed E-state index contributed by atoms with van der Waals surface area (Å²) in [6, 6.07) is -0.0576. The van der Waals surface area contributed by atoms with E-state index in [4.69, 9.17) is 0 Å². The minimum Gasteiger partial charge on any atom is -0.336 e. The molecule has 6 rings (SSSR count). The Morgan fingerprint density at radius 3 is 1.50 bits per heavy atom. The Morgan fingerprint density at radius 1 is 0.833 bits per heavy atom. The highest BCUT2D eigenvalue weighted by Gasteiger charge is 2.51. The lowest BCUT2D eigenvalue weighted by Gasteiger charge is -2.50. The number of rotatable bonds is 0. The second kappa shape index (κ2) is 3.46. The summed E-state index contributed by atoms with van der Waals surface area (Å²) in [5.41, 5.74) is 2.10. The van der Waals surface area contributed by atoms with E-state index in [0.717, 1.165) is 11.1 Å². The van der Waals surface area contributed by atoms with Gasteiger partial charge in [0.2, 0.25) is 11.8 Å². The van der Waals surface area contributed by atoms with E-state index in [9.17, 15) is 9.59 Å². The molecule has 0 radical (unpaired) electrons. The fourth-order valence-electron chi connectivity index (χ4n) is 3.56. The molecule has 0 N–H and O–H groups in total. The molecule has 4 heteroatoms. The van der Waals surface area contributed by atoms with Gasteiger partial charge in [0, 0.05) is 14.1 Å². The van der Waals surface area contributed by atoms with Gasteiger partial charge in [-0.25, -0.2) is 0 Å². The monoisotopic (exact) mass is 246 g/mol. The molecule has 0 spiro atoms. The highest BCUT2D eigenvalue weighted by molar-refractivity contribution is 5.95. The summed E-state index contributed by atoms with van der Waals surface area (Å²) in [5.74, 6) is -0.440. The summed E-state index contributed by atoms with van der Waals surface area (Å²) < 4.78 is 0. The SMILES string of the molecule is CC1=C[C@H]2[C@H]3C=C(C)[C@H](C(=O)N3C)[C@@H]1C(=O)N2C. The predicted molar refractivity (Wildman–Crippen MR) is 67.6 cm³/mol. The van der Waals surface area contributed by atoms with Crippen LogP contribution in [0.4, 0.5) is 0 Å². The van der Waals surface area contributed by atoms with Crippen LogP contribution in [0.3, 0.4) is 0 Å². The maximum Gasteiger partial charge on any atom is 0.231 e. The van der Waals surface area contributed by atoms with E-state index in [1.54, 1.807) is 9.80 Å². The summed E-state index contributed by atoms with van der Waals surface area (Å²) >= 11 is 0. The van der Waals surface area contributed by atoms with Gasteiger partial charge in [-0.1, -0.05) is 23.3 Å². The largest absolute Gasteiger partial charge is 0.336 e. The normalized spacial score (nSPS) is 38.7. The van der Waals surface area contributed by atoms with Crippen molar-refractivity contribution in [1.29, 1.82) is 0 Å². The van der Waals surface area contributed by atoms with Gasteiger partial charge in [0.05, 0.1) is 23.9 Å². The highest BCUT2D eigenvalue weighted by Crippen LogP contribution is 2.41. The van der Waals surface area contributed by atoms with Crippen LogP contribution >= 0.6 is 0 Å². The predicted octanol–water partition coefficient (Wildman–Crippen LogP) is 0.806. The smallest absolute Gasteiger partial charge is 0.231 e. The molecular formula is C14H18N2O2. The molecule has 4 bridgehead atoms. The number of likely N-dealkylation sites (N-methyl/N-ethyl adjacent to an activating group) is 2. The molecule has 0 saturated carbocycles. The molecule has 6 aliphatic rings. The van der Waals surface area contributed by atoms with Crippen LogP contribution in [0.2, 0.25) is 0 Å². The second-order valence-corrected chi connectivity index (χ2v) is 5.66. The Morgan fingerprint density at radius 2 is 1.17 bits per heavy atom. The minimum absolute atomic E-state index is 0.0288. The standard InChI is InChI=1S/C14H18N2O2/c1-7-5-9-10-6-8(2)12(14(18)16(10)4)11(7)13(17)15(9)3/h5-6,9-12H,1-4H3/t9-,10+,11+,12-. The van der Waals surface area contributed by atoms with Crippen LogP contribution in [0.1, 0.15) is 13.8 Å². The molecule has 0 aromatic rings. The maximum absolute atomic E-state index is 12.4. The summed E-state index contributed by atoms with van der Waals surface area (Å²) in [5, 5.41) is 0. The van der Waals surface area contributed by atoms with Crippen molar-refractivity contribution in [2.75, 3.05) is 14.1 Å². The molecule has 96 valence electrons. The third-order valence-electron chi connectivity index (χ3n) is 4.65. The Balaban J connectivity index is 2.25. The third kappa shape index (κ3) is 1.21. The van der Waals surface area contributed by atoms with Crippen molar-refractivity contribution in [3.63, 3.8) is 0 Å². The first-order chi connectivity index (χ1) is 8.43. The molecule has 1 saturated heterocycles. The highest BCUT2D eigenvalue weighted by atomic mass is 16.2. The van der Waals surface area contributed by atoms with Crippen molar-refractivity contribution in [3.05, 3.63) is 23.3 Å². The van der Waals surface area contributed by atoms with E-state index in [1.807, 2.05) is 27.9 Å². The minimum atomic E-state index is -0.307. The van der Waals surface area contributed by atoms with Crippen LogP contribution in [0.25, 0.3) is 0 Å². The lowest BCUT2D eigenvalue weighted by molar-refractivity contribution is -0.151. The van der Waals surface area contributed by atoms with Crippen molar-refractivity contribution in [3.8, 4) is 0 Å². The molecule has 1 aliphatic carbocycles. The molecule has 0 aromatic heterocycles. The van der Waals surface area contributed by atoms with Gasteiger partial charge in [0.15, 0.2) is 0 Å². The second-order valence-electron chi connectivity index (χ2n) is 5.66. The molecule has 1 fully saturated rings. The van der Waals surface area contributed by atoms with E-state index < -0.39 is 0 Å². The van der Waals surface area contributed by atoms with Crippen LogP contribution in [0, 0.1) is 11.8 Å². The average Bonchev–Trinajstić information content (AvgIpc) is 2.31. The van der Waals surface area contributed by atoms with Gasteiger partial charge >= 0.3 is 0 Å². The lowest BCUT2D eigenvalue weighted by Crippen LogP contribution is -2.63. The molecule has 2 amide bonds. The number of nitrogens with zero attached hydrogens (tertiary/aromatic N) is 2. The zero-order valence-corrected chi connectivity index (χ0v) is 11.2. The summed E-state index contributed by atoms with van der Waals surface area (Å²) in [7, 11) is 3.68. The molecule has 18 heavy (non-hydrogen) atoms. The Hall–Kier alpha value is -1.58. The first-order valence-electron chi connectivity index (χ1n) is 6.33. The number of hydrogen-bond acceptors (Lipinski definition) is 2. The van der Waals surface area contributed by atoms with Crippen molar-refractivity contribution < 1.29 is 9.59 Å². The average molecular weight is 246 g/mol. The summed E-state index contributed by atoms with van der Waals surface area (Å²) in [6.45, 7) is 3.95. The van der Waals surface area contributed by atoms with E-state index in [-0.39, 0.29) is 35.7 Å². The first kappa shape index (κ1) is 11.5. The van der Waals surface area contributed by atoms with Gasteiger partial charge in [-0.2, -0.15) is 0 Å². The van der Waals surface area contributed by atoms with E-state index >= 15 is 0 Å². The van der Waals surface area contributed by atoms with Gasteiger partial charge in [-0.15, -0.1) is 0 Å². The molecule has 0 unspecified atom stereocenters. The van der Waals surface area contributed by atoms with Crippen molar-refractivity contribution in [1.82, 2.24) is 9.80 Å². The van der Waals surface area contributed by atoms with Crippen LogP contribution in [-0.4, -0.2) is 47.8 Å². The number of carbonyl (C=O) groups excluding carboxylic acids is 2. The van der Waals surface area contributed by atoms with E-state index in [1.165, 1.54) is 0 Å². The number of hydrogen-bond donors (Lipinski definition) is 0. The Bertz CT molecular complexity index is 460. The summed E-state index contributed by atoms with van der Waals surface area (Å²) in [6.07, 6.45) is 4.30. The van der Waals surface area contributed by atoms with Crippen LogP contribution in [-0.2, 0) is 9.59 Å². The quantitative estimate of drug-likeness (QED) is 0.593. The molecule has 4 atom stereocenters. The fraction of sp³-hybridized carbons (Fsp3) is 0.571. The van der Waals surface area contributed by atoms with Crippen LogP contribution in [0.5, 0.6) is 0 Å². The third-order valence-corrected chi connectivity index (χ3v) is 4.65. The molecule has 0 aromatic carbocycles. The maximum atomic E-state index is 12.4. The Kier molecular flexibility index (Phi) is 2.22. The van der Waals surface area contributed by atoms with Gasteiger partial charge in [0.1, 0.15) is 0 Å². The van der Waals surface area contributed by atoms with Crippen molar-refractivity contribution >= 4 is 11.8 Å². The summed E-state index contributed by atoms with van der Waals surface area (Å²) in [4.78, 5) is 28.5.